The molecule has 2 heterocycles. The molecule has 6 heteroatoms. The first-order valence-electron chi connectivity index (χ1n) is 5.43. The van der Waals surface area contributed by atoms with Gasteiger partial charge in [0, 0.05) is 11.6 Å². The Hall–Kier alpha value is -2.08. The first-order valence-corrected chi connectivity index (χ1v) is 6.22. The third-order valence-electron chi connectivity index (χ3n) is 2.47. The van der Waals surface area contributed by atoms with Crippen LogP contribution < -0.4 is 4.74 Å². The van der Waals surface area contributed by atoms with Crippen molar-refractivity contribution in [3.05, 3.63) is 53.4 Å². The van der Waals surface area contributed by atoms with Crippen molar-refractivity contribution in [3.63, 3.8) is 0 Å². The van der Waals surface area contributed by atoms with Crippen LogP contribution in [0.4, 0.5) is 4.39 Å². The maximum Gasteiger partial charge on any atom is 0.213 e. The van der Waals surface area contributed by atoms with E-state index in [1.807, 2.05) is 12.1 Å². The number of para-hydroxylation sites is 1. The minimum atomic E-state index is -0.546. The topological polar surface area (TPSA) is 47.9 Å². The van der Waals surface area contributed by atoms with E-state index in [4.69, 9.17) is 4.74 Å². The number of aromatic nitrogens is 3. The predicted octanol–water partition coefficient (Wildman–Crippen LogP) is 3.72. The molecule has 0 spiro atoms. The number of nitrogens with zero attached hydrogens (tertiary/aromatic N) is 3. The van der Waals surface area contributed by atoms with E-state index in [1.165, 1.54) is 18.3 Å². The molecule has 19 heavy (non-hydrogen) atoms. The molecule has 0 radical (unpaired) electrons. The standard InChI is InChI=1S/C13H7BrFN3O/c14-13-17-6-8-2-1-3-10(12(8)18-13)19-9-4-5-11(15)16-7-9/h1-7H. The van der Waals surface area contributed by atoms with Gasteiger partial charge in [-0.2, -0.15) is 4.39 Å². The normalized spacial score (nSPS) is 10.6. The molecule has 0 bridgehead atoms. The number of hydrogen-bond donors (Lipinski definition) is 0. The molecule has 2 aromatic heterocycles. The van der Waals surface area contributed by atoms with E-state index >= 15 is 0 Å². The van der Waals surface area contributed by atoms with E-state index in [1.54, 1.807) is 12.3 Å². The maximum atomic E-state index is 12.7. The number of halogens is 2. The summed E-state index contributed by atoms with van der Waals surface area (Å²) in [6, 6.07) is 8.26. The molecule has 0 amide bonds. The maximum absolute atomic E-state index is 12.7. The molecular formula is C13H7BrFN3O. The molecule has 0 saturated carbocycles. The zero-order valence-electron chi connectivity index (χ0n) is 9.55. The van der Waals surface area contributed by atoms with Gasteiger partial charge in [-0.05, 0) is 34.1 Å². The smallest absolute Gasteiger partial charge is 0.213 e. The third kappa shape index (κ3) is 2.53. The molecule has 1 aromatic carbocycles. The molecule has 0 saturated heterocycles. The molecule has 0 aliphatic heterocycles. The van der Waals surface area contributed by atoms with E-state index in [0.29, 0.717) is 21.7 Å². The Morgan fingerprint density at radius 3 is 2.74 bits per heavy atom. The molecule has 0 unspecified atom stereocenters. The number of rotatable bonds is 2. The summed E-state index contributed by atoms with van der Waals surface area (Å²) in [5, 5.41) is 0.857. The minimum absolute atomic E-state index is 0.448. The van der Waals surface area contributed by atoms with Crippen LogP contribution in [0.5, 0.6) is 11.5 Å². The second kappa shape index (κ2) is 4.89. The van der Waals surface area contributed by atoms with Crippen molar-refractivity contribution in [1.82, 2.24) is 15.0 Å². The molecule has 0 fully saturated rings. The largest absolute Gasteiger partial charge is 0.453 e. The van der Waals surface area contributed by atoms with Gasteiger partial charge in [0.1, 0.15) is 11.3 Å². The van der Waals surface area contributed by atoms with Crippen molar-refractivity contribution in [2.75, 3.05) is 0 Å². The quantitative estimate of drug-likeness (QED) is 0.533. The number of fused-ring (bicyclic) bond motifs is 1. The van der Waals surface area contributed by atoms with Crippen molar-refractivity contribution in [3.8, 4) is 11.5 Å². The Morgan fingerprint density at radius 1 is 1.05 bits per heavy atom. The van der Waals surface area contributed by atoms with E-state index < -0.39 is 5.95 Å². The first-order chi connectivity index (χ1) is 9.22. The highest BCUT2D eigenvalue weighted by Crippen LogP contribution is 2.28. The minimum Gasteiger partial charge on any atom is -0.453 e. The van der Waals surface area contributed by atoms with Gasteiger partial charge < -0.3 is 4.74 Å². The highest BCUT2D eigenvalue weighted by molar-refractivity contribution is 9.10. The fourth-order valence-corrected chi connectivity index (χ4v) is 1.92. The van der Waals surface area contributed by atoms with Crippen LogP contribution in [0.25, 0.3) is 10.9 Å². The lowest BCUT2D eigenvalue weighted by molar-refractivity contribution is 0.478. The SMILES string of the molecule is Fc1ccc(Oc2cccc3cnc(Br)nc23)cn1. The molecule has 0 aliphatic carbocycles. The van der Waals surface area contributed by atoms with E-state index in [-0.39, 0.29) is 0 Å². The van der Waals surface area contributed by atoms with E-state index in [2.05, 4.69) is 30.9 Å². The summed E-state index contributed by atoms with van der Waals surface area (Å²) in [4.78, 5) is 11.9. The lowest BCUT2D eigenvalue weighted by Gasteiger charge is -2.07. The Kier molecular flexibility index (Phi) is 3.08. The van der Waals surface area contributed by atoms with E-state index in [0.717, 1.165) is 5.39 Å². The van der Waals surface area contributed by atoms with Crippen LogP contribution in [0.15, 0.2) is 47.5 Å². The number of pyridine rings is 1. The molecular weight excluding hydrogens is 313 g/mol. The summed E-state index contributed by atoms with van der Waals surface area (Å²) in [6.07, 6.45) is 3.02. The van der Waals surface area contributed by atoms with Gasteiger partial charge in [0.2, 0.25) is 5.95 Å². The number of ether oxygens (including phenoxy) is 1. The van der Waals surface area contributed by atoms with Crippen LogP contribution in [0.2, 0.25) is 0 Å². The zero-order valence-corrected chi connectivity index (χ0v) is 11.1. The number of benzene rings is 1. The van der Waals surface area contributed by atoms with Crippen molar-refractivity contribution in [1.29, 1.82) is 0 Å². The van der Waals surface area contributed by atoms with Gasteiger partial charge in [-0.1, -0.05) is 12.1 Å². The Labute approximate surface area is 116 Å². The highest BCUT2D eigenvalue weighted by Gasteiger charge is 2.06. The van der Waals surface area contributed by atoms with Gasteiger partial charge in [0.05, 0.1) is 6.20 Å². The van der Waals surface area contributed by atoms with Crippen LogP contribution in [0, 0.1) is 5.95 Å². The van der Waals surface area contributed by atoms with Crippen molar-refractivity contribution < 1.29 is 9.13 Å². The lowest BCUT2D eigenvalue weighted by atomic mass is 10.2. The Balaban J connectivity index is 2.05. The average Bonchev–Trinajstić information content (AvgIpc) is 2.42. The van der Waals surface area contributed by atoms with Crippen LogP contribution in [-0.2, 0) is 0 Å². The fraction of sp³-hybridized carbons (Fsp3) is 0. The average molecular weight is 320 g/mol. The van der Waals surface area contributed by atoms with Gasteiger partial charge >= 0.3 is 0 Å². The third-order valence-corrected chi connectivity index (χ3v) is 2.85. The summed E-state index contributed by atoms with van der Waals surface area (Å²) >= 11 is 3.22. The van der Waals surface area contributed by atoms with Crippen molar-refractivity contribution in [2.45, 2.75) is 0 Å². The Bertz CT molecular complexity index is 734. The van der Waals surface area contributed by atoms with Crippen molar-refractivity contribution in [2.24, 2.45) is 0 Å². The highest BCUT2D eigenvalue weighted by atomic mass is 79.9. The first kappa shape index (κ1) is 12.0. The molecule has 94 valence electrons. The lowest BCUT2D eigenvalue weighted by Crippen LogP contribution is -1.91. The van der Waals surface area contributed by atoms with Crippen LogP contribution in [0.1, 0.15) is 0 Å². The van der Waals surface area contributed by atoms with Gasteiger partial charge in [-0.3, -0.25) is 0 Å². The van der Waals surface area contributed by atoms with Crippen molar-refractivity contribution >= 4 is 26.8 Å². The van der Waals surface area contributed by atoms with Gasteiger partial charge in [-0.25, -0.2) is 15.0 Å². The van der Waals surface area contributed by atoms with E-state index in [9.17, 15) is 4.39 Å². The second-order valence-electron chi connectivity index (χ2n) is 3.75. The zero-order chi connectivity index (χ0) is 13.2. The molecule has 3 aromatic rings. The van der Waals surface area contributed by atoms with Crippen LogP contribution in [0.3, 0.4) is 0 Å². The summed E-state index contributed by atoms with van der Waals surface area (Å²) in [6.45, 7) is 0. The molecule has 0 N–H and O–H groups in total. The van der Waals surface area contributed by atoms with Gasteiger partial charge in [-0.15, -0.1) is 0 Å². The van der Waals surface area contributed by atoms with Gasteiger partial charge in [0.15, 0.2) is 10.5 Å². The monoisotopic (exact) mass is 319 g/mol. The molecule has 3 rings (SSSR count). The second-order valence-corrected chi connectivity index (χ2v) is 4.46. The fourth-order valence-electron chi connectivity index (χ4n) is 1.64. The number of hydrogen-bond acceptors (Lipinski definition) is 4. The molecule has 0 aliphatic rings. The summed E-state index contributed by atoms with van der Waals surface area (Å²) in [7, 11) is 0. The summed E-state index contributed by atoms with van der Waals surface area (Å²) < 4.78 is 18.9. The predicted molar refractivity (Wildman–Crippen MR) is 71.5 cm³/mol. The Morgan fingerprint density at radius 2 is 1.95 bits per heavy atom. The summed E-state index contributed by atoms with van der Waals surface area (Å²) in [5.41, 5.74) is 0.675. The molecule has 4 nitrogen and oxygen atoms in total. The molecule has 0 atom stereocenters. The van der Waals surface area contributed by atoms with Crippen LogP contribution in [-0.4, -0.2) is 15.0 Å². The van der Waals surface area contributed by atoms with Gasteiger partial charge in [0.25, 0.3) is 0 Å². The van der Waals surface area contributed by atoms with Crippen LogP contribution >= 0.6 is 15.9 Å². The summed E-state index contributed by atoms with van der Waals surface area (Å²) in [5.74, 6) is 0.466.